The number of aromatic hydroxyl groups is 1. The van der Waals surface area contributed by atoms with E-state index >= 15 is 0 Å². The lowest BCUT2D eigenvalue weighted by Crippen LogP contribution is -2.70. The fraction of sp³-hybridized carbons (Fsp3) is 0.558. The molecule has 3 unspecified atom stereocenters. The number of amides is 1. The number of phenols is 1. The third kappa shape index (κ3) is 6.53. The van der Waals surface area contributed by atoms with Crippen LogP contribution in [0.1, 0.15) is 89.4 Å². The van der Waals surface area contributed by atoms with Crippen LogP contribution in [0.4, 0.5) is 18.9 Å². The number of fused-ring (bicyclic) bond motifs is 2. The summed E-state index contributed by atoms with van der Waals surface area (Å²) < 4.78 is 47.6. The third-order valence-corrected chi connectivity index (χ3v) is 13.7. The van der Waals surface area contributed by atoms with E-state index in [1.165, 1.54) is 17.7 Å². The van der Waals surface area contributed by atoms with Crippen LogP contribution in [0.5, 0.6) is 11.5 Å². The van der Waals surface area contributed by atoms with Crippen LogP contribution in [0.25, 0.3) is 0 Å². The standard InChI is InChI=1S/C43H52F3N5O3/c44-43(45,46)22-31-25-54-36-21-33(52)10-11-34(36)37(31)27-6-8-28(9-7-27)38(29-12-17-47-18-13-29)40-42(14-19-48-20-15-42)26-51(40)35-5-1-3-30-24-50(41(53)39(30)35)32-4-2-16-49-23-32/h1,3,5-11,21,29,31-32,37-38,40,47-49,52H,2,4,12-20,22-26H2/t31-,32?,37-,38?,40?/m1/s1. The van der Waals surface area contributed by atoms with Crippen molar-refractivity contribution >= 4 is 11.6 Å². The summed E-state index contributed by atoms with van der Waals surface area (Å²) in [4.78, 5) is 19.0. The molecule has 5 atom stereocenters. The molecule has 0 saturated carbocycles. The molecule has 9 rings (SSSR count). The summed E-state index contributed by atoms with van der Waals surface area (Å²) in [6.07, 6.45) is 1.06. The molecule has 4 N–H and O–H groups in total. The van der Waals surface area contributed by atoms with Crippen molar-refractivity contribution in [3.63, 3.8) is 0 Å². The van der Waals surface area contributed by atoms with Crippen LogP contribution in [0.15, 0.2) is 60.7 Å². The molecule has 288 valence electrons. The number of alkyl halides is 3. The molecule has 6 aliphatic rings. The van der Waals surface area contributed by atoms with Crippen molar-refractivity contribution in [3.05, 3.63) is 88.5 Å². The van der Waals surface area contributed by atoms with Crippen molar-refractivity contribution in [2.75, 3.05) is 57.3 Å². The van der Waals surface area contributed by atoms with Gasteiger partial charge >= 0.3 is 6.18 Å². The molecule has 6 heterocycles. The number of carbonyl (C=O) groups is 1. The molecule has 8 nitrogen and oxygen atoms in total. The molecule has 0 bridgehead atoms. The van der Waals surface area contributed by atoms with Crippen molar-refractivity contribution in [2.45, 2.75) is 81.6 Å². The second kappa shape index (κ2) is 14.4. The van der Waals surface area contributed by atoms with Crippen LogP contribution in [-0.4, -0.2) is 86.6 Å². The first-order valence-corrected chi connectivity index (χ1v) is 20.1. The highest BCUT2D eigenvalue weighted by Crippen LogP contribution is 2.56. The van der Waals surface area contributed by atoms with Gasteiger partial charge in [-0.25, -0.2) is 0 Å². The fourth-order valence-electron chi connectivity index (χ4n) is 11.2. The van der Waals surface area contributed by atoms with E-state index in [4.69, 9.17) is 4.74 Å². The van der Waals surface area contributed by atoms with Gasteiger partial charge in [-0.15, -0.1) is 0 Å². The minimum atomic E-state index is -4.33. The van der Waals surface area contributed by atoms with Crippen LogP contribution in [0, 0.1) is 17.3 Å². The quantitative estimate of drug-likeness (QED) is 0.219. The Morgan fingerprint density at radius 3 is 2.43 bits per heavy atom. The summed E-state index contributed by atoms with van der Waals surface area (Å²) in [5.74, 6) is -0.0730. The SMILES string of the molecule is O=C1c2c(cccc2N2CC3(CCNCC3)C2C(c2ccc([C@H]3c4ccc(O)cc4OC[C@H]3CC(F)(F)F)cc2)C2CCNCC2)CN1C1CCCNC1. The Kier molecular flexibility index (Phi) is 9.54. The first-order valence-electron chi connectivity index (χ1n) is 20.1. The highest BCUT2D eigenvalue weighted by molar-refractivity contribution is 6.04. The minimum Gasteiger partial charge on any atom is -0.508 e. The van der Waals surface area contributed by atoms with Gasteiger partial charge in [0, 0.05) is 66.5 Å². The molecular weight excluding hydrogens is 691 g/mol. The maximum atomic E-state index is 14.3. The molecule has 0 radical (unpaired) electrons. The molecule has 11 heteroatoms. The third-order valence-electron chi connectivity index (χ3n) is 13.7. The van der Waals surface area contributed by atoms with Crippen LogP contribution in [0.3, 0.4) is 0 Å². The Labute approximate surface area is 315 Å². The number of hydrogen-bond acceptors (Lipinski definition) is 7. The highest BCUT2D eigenvalue weighted by Gasteiger charge is 2.58. The molecule has 6 aliphatic heterocycles. The number of hydrogen-bond donors (Lipinski definition) is 4. The molecule has 3 aromatic carbocycles. The number of ether oxygens (including phenoxy) is 1. The van der Waals surface area contributed by atoms with E-state index in [2.05, 4.69) is 68.2 Å². The average molecular weight is 744 g/mol. The van der Waals surface area contributed by atoms with Gasteiger partial charge in [0.2, 0.25) is 0 Å². The average Bonchev–Trinajstić information content (AvgIpc) is 3.53. The smallest absolute Gasteiger partial charge is 0.389 e. The van der Waals surface area contributed by atoms with Gasteiger partial charge in [0.25, 0.3) is 5.91 Å². The predicted molar refractivity (Wildman–Crippen MR) is 202 cm³/mol. The van der Waals surface area contributed by atoms with Crippen molar-refractivity contribution in [2.24, 2.45) is 17.3 Å². The second-order valence-corrected chi connectivity index (χ2v) is 16.8. The highest BCUT2D eigenvalue weighted by atomic mass is 19.4. The molecule has 54 heavy (non-hydrogen) atoms. The Balaban J connectivity index is 1.10. The number of nitrogens with zero attached hydrogens (tertiary/aromatic N) is 2. The van der Waals surface area contributed by atoms with Gasteiger partial charge in [-0.3, -0.25) is 4.79 Å². The molecule has 4 fully saturated rings. The van der Waals surface area contributed by atoms with E-state index in [1.54, 1.807) is 6.07 Å². The van der Waals surface area contributed by atoms with Crippen molar-refractivity contribution < 1.29 is 27.8 Å². The fourth-order valence-corrected chi connectivity index (χ4v) is 11.2. The summed E-state index contributed by atoms with van der Waals surface area (Å²) in [5.41, 5.74) is 5.87. The van der Waals surface area contributed by atoms with Crippen LogP contribution >= 0.6 is 0 Å². The molecule has 1 spiro atoms. The lowest BCUT2D eigenvalue weighted by atomic mass is 9.57. The van der Waals surface area contributed by atoms with Crippen LogP contribution in [-0.2, 0) is 6.54 Å². The number of anilines is 1. The zero-order valence-corrected chi connectivity index (χ0v) is 30.8. The molecular formula is C43H52F3N5O3. The van der Waals surface area contributed by atoms with Gasteiger partial charge in [-0.05, 0) is 106 Å². The number of rotatable bonds is 7. The van der Waals surface area contributed by atoms with Gasteiger partial charge in [0.1, 0.15) is 11.5 Å². The van der Waals surface area contributed by atoms with E-state index < -0.39 is 24.4 Å². The molecule has 3 aromatic rings. The Morgan fingerprint density at radius 2 is 1.69 bits per heavy atom. The van der Waals surface area contributed by atoms with E-state index in [-0.39, 0.29) is 41.7 Å². The number of carbonyl (C=O) groups excluding carboxylic acids is 1. The normalized spacial score (nSPS) is 27.6. The number of halogens is 3. The van der Waals surface area contributed by atoms with Crippen molar-refractivity contribution in [1.29, 1.82) is 0 Å². The summed E-state index contributed by atoms with van der Waals surface area (Å²) >= 11 is 0. The number of nitrogens with one attached hydrogen (secondary N) is 3. The van der Waals surface area contributed by atoms with Crippen LogP contribution < -0.4 is 25.6 Å². The van der Waals surface area contributed by atoms with E-state index in [0.29, 0.717) is 23.8 Å². The van der Waals surface area contributed by atoms with Gasteiger partial charge < -0.3 is 35.6 Å². The van der Waals surface area contributed by atoms with E-state index in [1.807, 2.05) is 0 Å². The summed E-state index contributed by atoms with van der Waals surface area (Å²) in [6.45, 7) is 7.19. The van der Waals surface area contributed by atoms with E-state index in [0.717, 1.165) is 107 Å². The zero-order valence-electron chi connectivity index (χ0n) is 30.8. The summed E-state index contributed by atoms with van der Waals surface area (Å²) in [5, 5.41) is 20.8. The summed E-state index contributed by atoms with van der Waals surface area (Å²) in [6, 6.07) is 20.1. The van der Waals surface area contributed by atoms with Gasteiger partial charge in [0.15, 0.2) is 0 Å². The predicted octanol–water partition coefficient (Wildman–Crippen LogP) is 6.53. The Bertz CT molecular complexity index is 1830. The number of benzene rings is 3. The van der Waals surface area contributed by atoms with Crippen LogP contribution in [0.2, 0.25) is 0 Å². The van der Waals surface area contributed by atoms with Crippen molar-refractivity contribution in [3.8, 4) is 11.5 Å². The first kappa shape index (κ1) is 35.9. The Hall–Kier alpha value is -3.80. The zero-order chi connectivity index (χ0) is 37.0. The maximum absolute atomic E-state index is 14.3. The monoisotopic (exact) mass is 743 g/mol. The minimum absolute atomic E-state index is 0.0308. The molecule has 0 aliphatic carbocycles. The number of phenolic OH excluding ortho intramolecular Hbond substituents is 1. The largest absolute Gasteiger partial charge is 0.508 e. The molecule has 4 saturated heterocycles. The molecule has 0 aromatic heterocycles. The van der Waals surface area contributed by atoms with Crippen molar-refractivity contribution in [1.82, 2.24) is 20.9 Å². The first-order chi connectivity index (χ1) is 26.2. The topological polar surface area (TPSA) is 89.1 Å². The van der Waals surface area contributed by atoms with Gasteiger partial charge in [0.05, 0.1) is 24.3 Å². The van der Waals surface area contributed by atoms with Gasteiger partial charge in [-0.2, -0.15) is 13.2 Å². The Morgan fingerprint density at radius 1 is 0.907 bits per heavy atom. The lowest BCUT2D eigenvalue weighted by Gasteiger charge is -2.64. The van der Waals surface area contributed by atoms with E-state index in [9.17, 15) is 23.1 Å². The summed E-state index contributed by atoms with van der Waals surface area (Å²) in [7, 11) is 0. The second-order valence-electron chi connectivity index (χ2n) is 16.8. The number of piperidine rings is 3. The molecule has 1 amide bonds. The maximum Gasteiger partial charge on any atom is 0.389 e. The van der Waals surface area contributed by atoms with Gasteiger partial charge in [-0.1, -0.05) is 42.5 Å². The lowest BCUT2D eigenvalue weighted by molar-refractivity contribution is -0.148.